The topological polar surface area (TPSA) is 109 Å². The summed E-state index contributed by atoms with van der Waals surface area (Å²) < 4.78 is 0. The summed E-state index contributed by atoms with van der Waals surface area (Å²) in [6, 6.07) is 14.0. The van der Waals surface area contributed by atoms with Crippen molar-refractivity contribution in [1.82, 2.24) is 0 Å². The molecule has 2 aromatic carbocycles. The average molecular weight is 368 g/mol. The van der Waals surface area contributed by atoms with Crippen molar-refractivity contribution in [3.8, 4) is 0 Å². The first kappa shape index (κ1) is 20.0. The zero-order valence-electron chi connectivity index (χ0n) is 14.7. The fourth-order valence-corrected chi connectivity index (χ4v) is 2.58. The number of hydrogen-bond acceptors (Lipinski definition) is 4. The molecule has 0 radical (unpaired) electrons. The maximum absolute atomic E-state index is 11.9. The minimum absolute atomic E-state index is 0.0218. The van der Waals surface area contributed by atoms with Gasteiger partial charge in [0, 0.05) is 24.0 Å². The molecule has 27 heavy (non-hydrogen) atoms. The molecule has 0 bridgehead atoms. The number of rotatable bonds is 10. The Morgan fingerprint density at radius 2 is 0.889 bits per heavy atom. The highest BCUT2D eigenvalue weighted by Gasteiger charge is 2.10. The Morgan fingerprint density at radius 3 is 1.19 bits per heavy atom. The summed E-state index contributed by atoms with van der Waals surface area (Å²) in [4.78, 5) is 44.8. The average Bonchev–Trinajstić information content (AvgIpc) is 2.65. The van der Waals surface area contributed by atoms with Gasteiger partial charge in [0.25, 0.3) is 0 Å². The summed E-state index contributed by atoms with van der Waals surface area (Å²) in [6.45, 7) is 0. The summed E-state index contributed by atoms with van der Waals surface area (Å²) in [5.74, 6) is -2.39. The number of ketones is 2. The molecule has 0 atom stereocenters. The van der Waals surface area contributed by atoms with Gasteiger partial charge in [-0.25, -0.2) is 0 Å². The minimum atomic E-state index is -0.996. The molecule has 0 fully saturated rings. The van der Waals surface area contributed by atoms with Crippen LogP contribution in [0.2, 0.25) is 0 Å². The van der Waals surface area contributed by atoms with Gasteiger partial charge < -0.3 is 10.2 Å². The van der Waals surface area contributed by atoms with Crippen LogP contribution in [0.4, 0.5) is 0 Å². The molecule has 0 aromatic heterocycles. The number of carbonyl (C=O) groups is 4. The number of aliphatic carboxylic acids is 2. The molecule has 0 unspecified atom stereocenters. The maximum Gasteiger partial charge on any atom is 0.303 e. The van der Waals surface area contributed by atoms with E-state index in [1.54, 1.807) is 24.3 Å². The molecule has 2 aromatic rings. The van der Waals surface area contributed by atoms with Crippen molar-refractivity contribution < 1.29 is 29.4 Å². The summed E-state index contributed by atoms with van der Waals surface area (Å²) >= 11 is 0. The van der Waals surface area contributed by atoms with E-state index in [-0.39, 0.29) is 37.2 Å². The van der Waals surface area contributed by atoms with Crippen molar-refractivity contribution >= 4 is 23.5 Å². The third-order valence-corrected chi connectivity index (χ3v) is 4.09. The predicted octanol–water partition coefficient (Wildman–Crippen LogP) is 3.37. The lowest BCUT2D eigenvalue weighted by Crippen LogP contribution is -2.04. The number of carboxylic acids is 2. The van der Waals surface area contributed by atoms with Crippen LogP contribution < -0.4 is 0 Å². The molecule has 0 aliphatic carbocycles. The van der Waals surface area contributed by atoms with Crippen LogP contribution in [0.3, 0.4) is 0 Å². The van der Waals surface area contributed by atoms with Gasteiger partial charge in [-0.1, -0.05) is 48.5 Å². The smallest absolute Gasteiger partial charge is 0.303 e. The first-order chi connectivity index (χ1) is 12.8. The molecule has 0 heterocycles. The summed E-state index contributed by atoms with van der Waals surface area (Å²) in [5, 5.41) is 17.3. The number of carbonyl (C=O) groups excluding carboxylic acids is 2. The molecule has 0 saturated heterocycles. The molecule has 6 nitrogen and oxygen atoms in total. The highest BCUT2D eigenvalue weighted by molar-refractivity contribution is 5.98. The standard InChI is InChI=1S/C21H20O6/c22-18(9-11-20(24)25)16-5-1-14(2-6-16)13-15-3-7-17(8-4-15)19(23)10-12-21(26)27/h1-8H,9-13H2,(H,24,25)(H,26,27). The Bertz CT molecular complexity index is 762. The highest BCUT2D eigenvalue weighted by atomic mass is 16.4. The van der Waals surface area contributed by atoms with E-state index in [1.807, 2.05) is 24.3 Å². The molecule has 0 aliphatic heterocycles. The van der Waals surface area contributed by atoms with Crippen molar-refractivity contribution in [2.24, 2.45) is 0 Å². The maximum atomic E-state index is 11.9. The van der Waals surface area contributed by atoms with Crippen LogP contribution in [0.1, 0.15) is 57.5 Å². The van der Waals surface area contributed by atoms with Gasteiger partial charge in [-0.15, -0.1) is 0 Å². The zero-order chi connectivity index (χ0) is 19.8. The first-order valence-electron chi connectivity index (χ1n) is 8.53. The van der Waals surface area contributed by atoms with E-state index >= 15 is 0 Å². The van der Waals surface area contributed by atoms with Crippen LogP contribution in [0.15, 0.2) is 48.5 Å². The first-order valence-corrected chi connectivity index (χ1v) is 8.53. The lowest BCUT2D eigenvalue weighted by atomic mass is 9.99. The van der Waals surface area contributed by atoms with E-state index in [0.717, 1.165) is 11.1 Å². The van der Waals surface area contributed by atoms with Gasteiger partial charge in [0.1, 0.15) is 0 Å². The van der Waals surface area contributed by atoms with Crippen molar-refractivity contribution in [2.45, 2.75) is 32.1 Å². The summed E-state index contributed by atoms with van der Waals surface area (Å²) in [7, 11) is 0. The third-order valence-electron chi connectivity index (χ3n) is 4.09. The molecule has 0 spiro atoms. The Kier molecular flexibility index (Phi) is 7.00. The summed E-state index contributed by atoms with van der Waals surface area (Å²) in [6.07, 6.45) is 0.210. The SMILES string of the molecule is O=C(O)CCC(=O)c1ccc(Cc2ccc(C(=O)CCC(=O)O)cc2)cc1. The van der Waals surface area contributed by atoms with Crippen LogP contribution in [-0.4, -0.2) is 33.7 Å². The minimum Gasteiger partial charge on any atom is -0.481 e. The van der Waals surface area contributed by atoms with E-state index in [4.69, 9.17) is 10.2 Å². The molecule has 0 aliphatic rings. The Morgan fingerprint density at radius 1 is 0.556 bits per heavy atom. The van der Waals surface area contributed by atoms with E-state index < -0.39 is 11.9 Å². The molecule has 140 valence electrons. The Hall–Kier alpha value is -3.28. The second kappa shape index (κ2) is 9.43. The van der Waals surface area contributed by atoms with Crippen molar-refractivity contribution in [3.63, 3.8) is 0 Å². The van der Waals surface area contributed by atoms with Gasteiger partial charge in [0.05, 0.1) is 12.8 Å². The molecular weight excluding hydrogens is 348 g/mol. The normalized spacial score (nSPS) is 10.4. The number of benzene rings is 2. The van der Waals surface area contributed by atoms with Gasteiger partial charge in [-0.3, -0.25) is 19.2 Å². The predicted molar refractivity (Wildman–Crippen MR) is 98.1 cm³/mol. The Labute approximate surface area is 156 Å². The second-order valence-corrected chi connectivity index (χ2v) is 6.20. The number of hydrogen-bond donors (Lipinski definition) is 2. The van der Waals surface area contributed by atoms with Gasteiger partial charge in [-0.2, -0.15) is 0 Å². The van der Waals surface area contributed by atoms with Crippen LogP contribution in [0, 0.1) is 0 Å². The van der Waals surface area contributed by atoms with Gasteiger partial charge in [0.2, 0.25) is 0 Å². The van der Waals surface area contributed by atoms with Gasteiger partial charge >= 0.3 is 11.9 Å². The zero-order valence-corrected chi connectivity index (χ0v) is 14.7. The van der Waals surface area contributed by atoms with Crippen LogP contribution in [0.5, 0.6) is 0 Å². The van der Waals surface area contributed by atoms with Crippen molar-refractivity contribution in [2.75, 3.05) is 0 Å². The molecule has 6 heteroatoms. The molecular formula is C21H20O6. The van der Waals surface area contributed by atoms with E-state index in [2.05, 4.69) is 0 Å². The Balaban J connectivity index is 1.95. The lowest BCUT2D eigenvalue weighted by molar-refractivity contribution is -0.137. The van der Waals surface area contributed by atoms with Gasteiger partial charge in [0.15, 0.2) is 11.6 Å². The van der Waals surface area contributed by atoms with Crippen LogP contribution >= 0.6 is 0 Å². The third kappa shape index (κ3) is 6.51. The van der Waals surface area contributed by atoms with E-state index in [1.165, 1.54) is 0 Å². The molecule has 0 saturated carbocycles. The molecule has 2 N–H and O–H groups in total. The monoisotopic (exact) mass is 368 g/mol. The van der Waals surface area contributed by atoms with Crippen molar-refractivity contribution in [1.29, 1.82) is 0 Å². The lowest BCUT2D eigenvalue weighted by Gasteiger charge is -2.05. The number of Topliss-reactive ketones (excluding diaryl/α,β-unsaturated/α-hetero) is 2. The van der Waals surface area contributed by atoms with Gasteiger partial charge in [-0.05, 0) is 17.5 Å². The molecule has 2 rings (SSSR count). The van der Waals surface area contributed by atoms with Crippen LogP contribution in [-0.2, 0) is 16.0 Å². The number of carboxylic acid groups (broad SMARTS) is 2. The van der Waals surface area contributed by atoms with Crippen molar-refractivity contribution in [3.05, 3.63) is 70.8 Å². The molecule has 0 amide bonds. The van der Waals surface area contributed by atoms with E-state index in [0.29, 0.717) is 17.5 Å². The highest BCUT2D eigenvalue weighted by Crippen LogP contribution is 2.14. The van der Waals surface area contributed by atoms with E-state index in [9.17, 15) is 19.2 Å². The summed E-state index contributed by atoms with van der Waals surface area (Å²) in [5.41, 5.74) is 2.93. The quantitative estimate of drug-likeness (QED) is 0.622. The largest absolute Gasteiger partial charge is 0.481 e. The van der Waals surface area contributed by atoms with Crippen LogP contribution in [0.25, 0.3) is 0 Å². The fourth-order valence-electron chi connectivity index (χ4n) is 2.58. The second-order valence-electron chi connectivity index (χ2n) is 6.20. The fraction of sp³-hybridized carbons (Fsp3) is 0.238.